The maximum absolute atomic E-state index is 12.2. The van der Waals surface area contributed by atoms with Gasteiger partial charge in [0.15, 0.2) is 5.82 Å². The fourth-order valence-corrected chi connectivity index (χ4v) is 3.72. The Labute approximate surface area is 150 Å². The zero-order chi connectivity index (χ0) is 17.7. The first-order valence-electron chi connectivity index (χ1n) is 8.80. The van der Waals surface area contributed by atoms with Gasteiger partial charge in [-0.25, -0.2) is 4.98 Å². The van der Waals surface area contributed by atoms with Crippen molar-refractivity contribution in [3.05, 3.63) is 53.7 Å². The first-order chi connectivity index (χ1) is 12.7. The molecule has 7 nitrogen and oxygen atoms in total. The zero-order valence-corrected chi connectivity index (χ0v) is 14.4. The predicted molar refractivity (Wildman–Crippen MR) is 95.8 cm³/mol. The summed E-state index contributed by atoms with van der Waals surface area (Å²) < 4.78 is 7.28. The normalized spacial score (nSPS) is 19.1. The third-order valence-electron chi connectivity index (χ3n) is 5.15. The van der Waals surface area contributed by atoms with Crippen molar-refractivity contribution in [3.63, 3.8) is 0 Å². The highest BCUT2D eigenvalue weighted by atomic mass is 16.5. The maximum atomic E-state index is 12.2. The number of rotatable bonds is 4. The van der Waals surface area contributed by atoms with E-state index < -0.39 is 0 Å². The second-order valence-electron chi connectivity index (χ2n) is 6.83. The van der Waals surface area contributed by atoms with Gasteiger partial charge >= 0.3 is 0 Å². The van der Waals surface area contributed by atoms with E-state index in [0.29, 0.717) is 18.2 Å². The van der Waals surface area contributed by atoms with Gasteiger partial charge in [-0.2, -0.15) is 5.10 Å². The number of nitrogens with zero attached hydrogens (tertiary/aromatic N) is 3. The quantitative estimate of drug-likeness (QED) is 0.758. The lowest BCUT2D eigenvalue weighted by Gasteiger charge is -2.23. The van der Waals surface area contributed by atoms with Crippen LogP contribution in [0.25, 0.3) is 5.69 Å². The number of amides is 1. The molecule has 1 aromatic carbocycles. The number of imidazole rings is 1. The van der Waals surface area contributed by atoms with E-state index in [1.807, 2.05) is 35.0 Å². The van der Waals surface area contributed by atoms with Gasteiger partial charge in [0.2, 0.25) is 5.91 Å². The lowest BCUT2D eigenvalue weighted by Crippen LogP contribution is -2.25. The monoisotopic (exact) mass is 349 g/mol. The number of hydrogen-bond donors (Lipinski definition) is 2. The number of aromatic nitrogens is 4. The summed E-state index contributed by atoms with van der Waals surface area (Å²) in [6, 6.07) is 7.83. The van der Waals surface area contributed by atoms with Gasteiger partial charge in [0.05, 0.1) is 13.0 Å². The first kappa shape index (κ1) is 15.2. The smallest absolute Gasteiger partial charge is 0.226 e. The van der Waals surface area contributed by atoms with Crippen molar-refractivity contribution >= 4 is 11.7 Å². The van der Waals surface area contributed by atoms with Crippen molar-refractivity contribution in [2.24, 2.45) is 0 Å². The van der Waals surface area contributed by atoms with E-state index in [1.165, 1.54) is 12.8 Å². The number of methoxy groups -OCH3 is 1. The number of fused-ring (bicyclic) bond motifs is 1. The molecule has 7 heteroatoms. The van der Waals surface area contributed by atoms with E-state index in [-0.39, 0.29) is 11.8 Å². The zero-order valence-electron chi connectivity index (χ0n) is 14.4. The van der Waals surface area contributed by atoms with Crippen molar-refractivity contribution < 1.29 is 9.53 Å². The van der Waals surface area contributed by atoms with Crippen LogP contribution in [-0.4, -0.2) is 32.8 Å². The number of aromatic amines is 1. The Morgan fingerprint density at radius 2 is 2.04 bits per heavy atom. The topological polar surface area (TPSA) is 84.8 Å². The van der Waals surface area contributed by atoms with Gasteiger partial charge in [0, 0.05) is 41.7 Å². The van der Waals surface area contributed by atoms with Crippen LogP contribution >= 0.6 is 0 Å². The predicted octanol–water partition coefficient (Wildman–Crippen LogP) is 2.96. The van der Waals surface area contributed by atoms with Crippen LogP contribution in [0.5, 0.6) is 5.75 Å². The Hall–Kier alpha value is -3.09. The molecule has 1 fully saturated rings. The SMILES string of the molecule is COc1ccc(-n2ccnc2C2CC(=O)Nc3n[nH]c(C4CC4)c32)cc1. The Morgan fingerprint density at radius 1 is 1.23 bits per heavy atom. The Bertz CT molecular complexity index is 968. The molecule has 26 heavy (non-hydrogen) atoms. The molecular formula is C19H19N5O2. The molecule has 1 aliphatic carbocycles. The number of H-pyrrole nitrogens is 1. The van der Waals surface area contributed by atoms with Gasteiger partial charge < -0.3 is 14.6 Å². The average molecular weight is 349 g/mol. The number of carbonyl (C=O) groups excluding carboxylic acids is 1. The van der Waals surface area contributed by atoms with E-state index in [1.54, 1.807) is 13.3 Å². The highest BCUT2D eigenvalue weighted by Crippen LogP contribution is 2.47. The second kappa shape index (κ2) is 5.72. The summed E-state index contributed by atoms with van der Waals surface area (Å²) in [5, 5.41) is 10.4. The third kappa shape index (κ3) is 2.39. The molecule has 1 amide bonds. The number of nitrogens with one attached hydrogen (secondary N) is 2. The summed E-state index contributed by atoms with van der Waals surface area (Å²) in [6.45, 7) is 0. The Kier molecular flexibility index (Phi) is 3.34. The van der Waals surface area contributed by atoms with E-state index in [0.717, 1.165) is 28.5 Å². The molecule has 3 aromatic rings. The highest BCUT2D eigenvalue weighted by Gasteiger charge is 2.38. The van der Waals surface area contributed by atoms with Crippen LogP contribution in [-0.2, 0) is 4.79 Å². The van der Waals surface area contributed by atoms with Gasteiger partial charge in [-0.05, 0) is 37.1 Å². The molecule has 0 radical (unpaired) electrons. The van der Waals surface area contributed by atoms with Gasteiger partial charge in [-0.3, -0.25) is 9.89 Å². The largest absolute Gasteiger partial charge is 0.497 e. The van der Waals surface area contributed by atoms with Gasteiger partial charge in [-0.15, -0.1) is 0 Å². The van der Waals surface area contributed by atoms with Crippen LogP contribution in [0.3, 0.4) is 0 Å². The number of ether oxygens (including phenoxy) is 1. The van der Waals surface area contributed by atoms with Crippen molar-refractivity contribution in [2.75, 3.05) is 12.4 Å². The minimum absolute atomic E-state index is 0.0272. The number of hydrogen-bond acceptors (Lipinski definition) is 4. The molecule has 1 atom stereocenters. The van der Waals surface area contributed by atoms with Crippen molar-refractivity contribution in [2.45, 2.75) is 31.1 Å². The van der Waals surface area contributed by atoms with Crippen LogP contribution in [0.2, 0.25) is 0 Å². The lowest BCUT2D eigenvalue weighted by atomic mass is 9.89. The molecule has 1 aliphatic heterocycles. The molecule has 0 saturated heterocycles. The summed E-state index contributed by atoms with van der Waals surface area (Å²) in [5.41, 5.74) is 3.23. The van der Waals surface area contributed by atoms with Crippen molar-refractivity contribution in [1.82, 2.24) is 19.7 Å². The van der Waals surface area contributed by atoms with Crippen LogP contribution in [0.1, 0.15) is 48.2 Å². The summed E-state index contributed by atoms with van der Waals surface area (Å²) in [5.74, 6) is 2.70. The minimum atomic E-state index is -0.106. The van der Waals surface area contributed by atoms with Crippen LogP contribution in [0.15, 0.2) is 36.7 Å². The molecule has 1 saturated carbocycles. The van der Waals surface area contributed by atoms with Gasteiger partial charge in [-0.1, -0.05) is 0 Å². The average Bonchev–Trinajstić information content (AvgIpc) is 3.23. The first-order valence-corrected chi connectivity index (χ1v) is 8.80. The maximum Gasteiger partial charge on any atom is 0.226 e. The number of benzene rings is 1. The molecule has 5 rings (SSSR count). The van der Waals surface area contributed by atoms with Crippen molar-refractivity contribution in [3.8, 4) is 11.4 Å². The molecule has 132 valence electrons. The van der Waals surface area contributed by atoms with Crippen LogP contribution < -0.4 is 10.1 Å². The van der Waals surface area contributed by atoms with Gasteiger partial charge in [0.25, 0.3) is 0 Å². The van der Waals surface area contributed by atoms with Crippen molar-refractivity contribution in [1.29, 1.82) is 0 Å². The number of carbonyl (C=O) groups is 1. The highest BCUT2D eigenvalue weighted by molar-refractivity contribution is 5.94. The van der Waals surface area contributed by atoms with E-state index in [4.69, 9.17) is 4.74 Å². The molecular weight excluding hydrogens is 330 g/mol. The summed E-state index contributed by atoms with van der Waals surface area (Å²) in [4.78, 5) is 16.8. The molecule has 0 bridgehead atoms. The lowest BCUT2D eigenvalue weighted by molar-refractivity contribution is -0.116. The van der Waals surface area contributed by atoms with Crippen LogP contribution in [0.4, 0.5) is 5.82 Å². The Morgan fingerprint density at radius 3 is 2.77 bits per heavy atom. The standard InChI is InChI=1S/C19H19N5O2/c1-26-13-6-4-12(5-7-13)24-9-8-20-19(24)14-10-15(25)21-18-16(14)17(22-23-18)11-2-3-11/h4-9,11,14H,2-3,10H2,1H3,(H2,21,22,23,25). The fraction of sp³-hybridized carbons (Fsp3) is 0.316. The van der Waals surface area contributed by atoms with E-state index in [2.05, 4.69) is 20.5 Å². The molecule has 2 aromatic heterocycles. The molecule has 0 spiro atoms. The third-order valence-corrected chi connectivity index (χ3v) is 5.15. The van der Waals surface area contributed by atoms with Gasteiger partial charge in [0.1, 0.15) is 11.6 Å². The second-order valence-corrected chi connectivity index (χ2v) is 6.83. The minimum Gasteiger partial charge on any atom is -0.497 e. The van der Waals surface area contributed by atoms with E-state index >= 15 is 0 Å². The Balaban J connectivity index is 1.60. The van der Waals surface area contributed by atoms with E-state index in [9.17, 15) is 4.79 Å². The van der Waals surface area contributed by atoms with Crippen LogP contribution in [0, 0.1) is 0 Å². The summed E-state index contributed by atoms with van der Waals surface area (Å²) in [6.07, 6.45) is 6.42. The number of anilines is 1. The molecule has 2 aliphatic rings. The molecule has 1 unspecified atom stereocenters. The summed E-state index contributed by atoms with van der Waals surface area (Å²) in [7, 11) is 1.65. The summed E-state index contributed by atoms with van der Waals surface area (Å²) >= 11 is 0. The fourth-order valence-electron chi connectivity index (χ4n) is 3.72. The molecule has 2 N–H and O–H groups in total. The molecule has 3 heterocycles.